The lowest BCUT2D eigenvalue weighted by Gasteiger charge is -2.21. The van der Waals surface area contributed by atoms with E-state index in [4.69, 9.17) is 0 Å². The molecule has 1 atom stereocenters. The Labute approximate surface area is 110 Å². The van der Waals surface area contributed by atoms with Crippen LogP contribution in [0.5, 0.6) is 5.75 Å². The average Bonchev–Trinajstić information content (AvgIpc) is 2.70. The second kappa shape index (κ2) is 5.72. The van der Waals surface area contributed by atoms with E-state index >= 15 is 0 Å². The molecule has 18 heavy (non-hydrogen) atoms. The van der Waals surface area contributed by atoms with Gasteiger partial charge in [-0.05, 0) is 45.5 Å². The lowest BCUT2D eigenvalue weighted by molar-refractivity contribution is 0.264. The van der Waals surface area contributed by atoms with Crippen molar-refractivity contribution in [3.05, 3.63) is 29.3 Å². The van der Waals surface area contributed by atoms with E-state index in [9.17, 15) is 5.11 Å². The third-order valence-electron chi connectivity index (χ3n) is 3.82. The summed E-state index contributed by atoms with van der Waals surface area (Å²) in [5, 5.41) is 10.0. The fourth-order valence-corrected chi connectivity index (χ4v) is 2.82. The van der Waals surface area contributed by atoms with E-state index in [-0.39, 0.29) is 0 Å². The summed E-state index contributed by atoms with van der Waals surface area (Å²) in [7, 11) is 4.33. The number of nitrogens with zero attached hydrogens (tertiary/aromatic N) is 2. The molecule has 3 heteroatoms. The van der Waals surface area contributed by atoms with Crippen molar-refractivity contribution in [1.82, 2.24) is 9.80 Å². The van der Waals surface area contributed by atoms with Crippen LogP contribution in [-0.4, -0.2) is 48.6 Å². The Morgan fingerprint density at radius 1 is 1.44 bits per heavy atom. The van der Waals surface area contributed by atoms with Crippen molar-refractivity contribution in [3.63, 3.8) is 0 Å². The third kappa shape index (κ3) is 3.24. The van der Waals surface area contributed by atoms with Gasteiger partial charge in [-0.1, -0.05) is 18.2 Å². The van der Waals surface area contributed by atoms with E-state index in [2.05, 4.69) is 23.9 Å². The maximum atomic E-state index is 10.0. The Morgan fingerprint density at radius 2 is 2.22 bits per heavy atom. The molecule has 1 N–H and O–H groups in total. The topological polar surface area (TPSA) is 26.7 Å². The zero-order valence-corrected chi connectivity index (χ0v) is 11.7. The molecule has 1 aliphatic rings. The van der Waals surface area contributed by atoms with Crippen LogP contribution in [0.4, 0.5) is 0 Å². The van der Waals surface area contributed by atoms with E-state index in [1.807, 2.05) is 25.1 Å². The first-order valence-corrected chi connectivity index (χ1v) is 6.71. The number of rotatable bonds is 4. The van der Waals surface area contributed by atoms with Gasteiger partial charge in [-0.2, -0.15) is 0 Å². The van der Waals surface area contributed by atoms with Crippen LogP contribution < -0.4 is 0 Å². The molecule has 1 saturated heterocycles. The summed E-state index contributed by atoms with van der Waals surface area (Å²) < 4.78 is 0. The lowest BCUT2D eigenvalue weighted by atomic mass is 10.1. The molecule has 0 saturated carbocycles. The van der Waals surface area contributed by atoms with Crippen molar-refractivity contribution in [2.75, 3.05) is 33.7 Å². The summed E-state index contributed by atoms with van der Waals surface area (Å²) in [6.45, 7) is 6.30. The molecule has 100 valence electrons. The second-order valence-electron chi connectivity index (χ2n) is 5.70. The zero-order valence-electron chi connectivity index (χ0n) is 11.7. The van der Waals surface area contributed by atoms with Gasteiger partial charge in [0.1, 0.15) is 5.75 Å². The van der Waals surface area contributed by atoms with Crippen molar-refractivity contribution in [2.45, 2.75) is 19.9 Å². The van der Waals surface area contributed by atoms with Gasteiger partial charge in [-0.15, -0.1) is 0 Å². The van der Waals surface area contributed by atoms with Crippen LogP contribution in [0.15, 0.2) is 18.2 Å². The molecule has 1 unspecified atom stereocenters. The SMILES string of the molecule is Cc1cccc(CN(C)CC2CCN(C)C2)c1O. The molecular formula is C15H24N2O. The maximum Gasteiger partial charge on any atom is 0.122 e. The summed E-state index contributed by atoms with van der Waals surface area (Å²) in [5.41, 5.74) is 1.99. The smallest absolute Gasteiger partial charge is 0.122 e. The highest BCUT2D eigenvalue weighted by molar-refractivity contribution is 5.39. The first kappa shape index (κ1) is 13.4. The van der Waals surface area contributed by atoms with Crippen molar-refractivity contribution in [1.29, 1.82) is 0 Å². The van der Waals surface area contributed by atoms with Crippen LogP contribution in [-0.2, 0) is 6.54 Å². The first-order chi connectivity index (χ1) is 8.56. The van der Waals surface area contributed by atoms with E-state index < -0.39 is 0 Å². The number of aromatic hydroxyl groups is 1. The Balaban J connectivity index is 1.90. The summed E-state index contributed by atoms with van der Waals surface area (Å²) in [4.78, 5) is 4.71. The Kier molecular flexibility index (Phi) is 4.25. The van der Waals surface area contributed by atoms with Crippen molar-refractivity contribution in [2.24, 2.45) is 5.92 Å². The third-order valence-corrected chi connectivity index (χ3v) is 3.82. The summed E-state index contributed by atoms with van der Waals surface area (Å²) in [6, 6.07) is 5.98. The molecule has 0 amide bonds. The zero-order chi connectivity index (χ0) is 13.1. The number of para-hydroxylation sites is 1. The predicted molar refractivity (Wildman–Crippen MR) is 74.8 cm³/mol. The standard InChI is InChI=1S/C15H24N2O/c1-12-5-4-6-14(15(12)18)11-17(3)10-13-7-8-16(2)9-13/h4-6,13,18H,7-11H2,1-3H3. The molecule has 1 heterocycles. The quantitative estimate of drug-likeness (QED) is 0.884. The molecule has 0 aromatic heterocycles. The summed E-state index contributed by atoms with van der Waals surface area (Å²) >= 11 is 0. The van der Waals surface area contributed by atoms with E-state index in [0.717, 1.165) is 30.1 Å². The van der Waals surface area contributed by atoms with Gasteiger partial charge in [0.05, 0.1) is 0 Å². The Bertz CT molecular complexity index is 405. The van der Waals surface area contributed by atoms with Crippen molar-refractivity contribution in [3.8, 4) is 5.75 Å². The molecule has 2 rings (SSSR count). The van der Waals surface area contributed by atoms with E-state index in [0.29, 0.717) is 5.75 Å². The Hall–Kier alpha value is -1.06. The number of likely N-dealkylation sites (tertiary alicyclic amines) is 1. The second-order valence-corrected chi connectivity index (χ2v) is 5.70. The van der Waals surface area contributed by atoms with Gasteiger partial charge in [0.2, 0.25) is 0 Å². The maximum absolute atomic E-state index is 10.0. The highest BCUT2D eigenvalue weighted by Crippen LogP contribution is 2.23. The molecule has 0 spiro atoms. The molecule has 1 fully saturated rings. The van der Waals surface area contributed by atoms with Gasteiger partial charge in [-0.3, -0.25) is 0 Å². The fourth-order valence-electron chi connectivity index (χ4n) is 2.82. The van der Waals surface area contributed by atoms with Crippen molar-refractivity contribution < 1.29 is 5.11 Å². The van der Waals surface area contributed by atoms with Crippen LogP contribution in [0.1, 0.15) is 17.5 Å². The van der Waals surface area contributed by atoms with E-state index in [1.54, 1.807) is 0 Å². The van der Waals surface area contributed by atoms with Gasteiger partial charge < -0.3 is 14.9 Å². The molecule has 1 aromatic carbocycles. The molecule has 0 aliphatic carbocycles. The molecule has 1 aliphatic heterocycles. The number of phenolic OH excluding ortho intramolecular Hbond substituents is 1. The number of benzene rings is 1. The summed E-state index contributed by atoms with van der Waals surface area (Å²) in [6.07, 6.45) is 1.29. The largest absolute Gasteiger partial charge is 0.507 e. The number of phenols is 1. The minimum absolute atomic E-state index is 0.452. The molecule has 3 nitrogen and oxygen atoms in total. The average molecular weight is 248 g/mol. The summed E-state index contributed by atoms with van der Waals surface area (Å²) in [5.74, 6) is 1.22. The van der Waals surface area contributed by atoms with Crippen LogP contribution in [0.3, 0.4) is 0 Å². The van der Waals surface area contributed by atoms with Gasteiger partial charge in [0.15, 0.2) is 0 Å². The van der Waals surface area contributed by atoms with Gasteiger partial charge in [-0.25, -0.2) is 0 Å². The number of hydrogen-bond acceptors (Lipinski definition) is 3. The van der Waals surface area contributed by atoms with Gasteiger partial charge in [0, 0.05) is 25.2 Å². The van der Waals surface area contributed by atoms with Crippen LogP contribution in [0.2, 0.25) is 0 Å². The molecule has 1 aromatic rings. The van der Waals surface area contributed by atoms with Crippen LogP contribution >= 0.6 is 0 Å². The lowest BCUT2D eigenvalue weighted by Crippen LogP contribution is -2.27. The minimum Gasteiger partial charge on any atom is -0.507 e. The monoisotopic (exact) mass is 248 g/mol. The fraction of sp³-hybridized carbons (Fsp3) is 0.600. The molecule has 0 bridgehead atoms. The number of hydrogen-bond donors (Lipinski definition) is 1. The normalized spacial score (nSPS) is 20.8. The van der Waals surface area contributed by atoms with Gasteiger partial charge in [0.25, 0.3) is 0 Å². The minimum atomic E-state index is 0.452. The van der Waals surface area contributed by atoms with E-state index in [1.165, 1.54) is 19.5 Å². The van der Waals surface area contributed by atoms with Crippen LogP contribution in [0.25, 0.3) is 0 Å². The first-order valence-electron chi connectivity index (χ1n) is 6.71. The molecule has 0 radical (unpaired) electrons. The predicted octanol–water partition coefficient (Wildman–Crippen LogP) is 2.08. The number of aryl methyl sites for hydroxylation is 1. The van der Waals surface area contributed by atoms with Crippen LogP contribution in [0, 0.1) is 12.8 Å². The highest BCUT2D eigenvalue weighted by Gasteiger charge is 2.21. The molecular weight excluding hydrogens is 224 g/mol. The van der Waals surface area contributed by atoms with Crippen molar-refractivity contribution >= 4 is 0 Å². The Morgan fingerprint density at radius 3 is 2.89 bits per heavy atom. The highest BCUT2D eigenvalue weighted by atomic mass is 16.3. The van der Waals surface area contributed by atoms with Gasteiger partial charge >= 0.3 is 0 Å².